The van der Waals surface area contributed by atoms with Gasteiger partial charge in [-0.3, -0.25) is 4.79 Å². The molecule has 0 heterocycles. The van der Waals surface area contributed by atoms with Gasteiger partial charge in [0.05, 0.1) is 5.54 Å². The zero-order chi connectivity index (χ0) is 8.32. The zero-order valence-electron chi connectivity index (χ0n) is 7.81. The summed E-state index contributed by atoms with van der Waals surface area (Å²) in [7, 11) is 0. The third kappa shape index (κ3) is 2.57. The van der Waals surface area contributed by atoms with Gasteiger partial charge in [-0.25, -0.2) is 0 Å². The average Bonchev–Trinajstić information content (AvgIpc) is 2.06. The fraction of sp³-hybridized carbons (Fsp3) is 0.889. The van der Waals surface area contributed by atoms with Crippen LogP contribution in [-0.4, -0.2) is 11.8 Å². The van der Waals surface area contributed by atoms with Gasteiger partial charge in [0, 0.05) is 0 Å². The Labute approximate surface area is 74.3 Å². The van der Waals surface area contributed by atoms with E-state index in [-0.39, 0.29) is 6.15 Å². The Kier molecular flexibility index (Phi) is 4.42. The highest BCUT2D eigenvalue weighted by molar-refractivity contribution is 5.64. The molecule has 1 aliphatic rings. The number of hydrogen-bond acceptors (Lipinski definition) is 3. The largest absolute Gasteiger partial charge is 0.344 e. The van der Waals surface area contributed by atoms with Crippen LogP contribution in [-0.2, 0) is 4.79 Å². The SMILES string of the molecule is C[C@](N)([C]=O)C1CCCCC1.N. The van der Waals surface area contributed by atoms with Crippen LogP contribution in [0.5, 0.6) is 0 Å². The van der Waals surface area contributed by atoms with Crippen molar-refractivity contribution in [2.45, 2.75) is 44.6 Å². The fourth-order valence-electron chi connectivity index (χ4n) is 1.79. The van der Waals surface area contributed by atoms with Gasteiger partial charge in [-0.15, -0.1) is 0 Å². The molecule has 0 aromatic rings. The molecule has 3 nitrogen and oxygen atoms in total. The van der Waals surface area contributed by atoms with Gasteiger partial charge in [-0.1, -0.05) is 19.3 Å². The van der Waals surface area contributed by atoms with Crippen LogP contribution >= 0.6 is 0 Å². The predicted octanol–water partition coefficient (Wildman–Crippen LogP) is 1.56. The van der Waals surface area contributed by atoms with E-state index in [2.05, 4.69) is 0 Å². The molecule has 0 bridgehead atoms. The highest BCUT2D eigenvalue weighted by Crippen LogP contribution is 2.29. The standard InChI is InChI=1S/C9H16NO.H3N/c1-9(10,7-11)8-5-3-2-4-6-8;/h8H,2-6,10H2,1H3;1H3/t9-;/m0./s1. The summed E-state index contributed by atoms with van der Waals surface area (Å²) in [6.45, 7) is 1.79. The summed E-state index contributed by atoms with van der Waals surface area (Å²) < 4.78 is 0. The molecule has 1 radical (unpaired) electrons. The lowest BCUT2D eigenvalue weighted by molar-refractivity contribution is 0.272. The Balaban J connectivity index is 0.00000121. The minimum absolute atomic E-state index is 0. The number of rotatable bonds is 2. The second-order valence-corrected chi connectivity index (χ2v) is 3.72. The molecule has 71 valence electrons. The molecule has 5 N–H and O–H groups in total. The molecule has 3 heteroatoms. The fourth-order valence-corrected chi connectivity index (χ4v) is 1.79. The quantitative estimate of drug-likeness (QED) is 0.661. The van der Waals surface area contributed by atoms with Gasteiger partial charge >= 0.3 is 0 Å². The van der Waals surface area contributed by atoms with Gasteiger partial charge in [-0.05, 0) is 25.7 Å². The first-order valence-corrected chi connectivity index (χ1v) is 4.35. The first-order chi connectivity index (χ1) is 5.17. The molecular formula is C9H19N2O. The molecule has 0 aromatic heterocycles. The van der Waals surface area contributed by atoms with Crippen molar-refractivity contribution in [3.63, 3.8) is 0 Å². The van der Waals surface area contributed by atoms with Crippen molar-refractivity contribution < 1.29 is 4.79 Å². The van der Waals surface area contributed by atoms with E-state index in [0.29, 0.717) is 5.92 Å². The van der Waals surface area contributed by atoms with Crippen molar-refractivity contribution in [2.24, 2.45) is 11.7 Å². The Morgan fingerprint density at radius 1 is 1.33 bits per heavy atom. The predicted molar refractivity (Wildman–Crippen MR) is 49.9 cm³/mol. The van der Waals surface area contributed by atoms with Crippen molar-refractivity contribution >= 4 is 6.29 Å². The summed E-state index contributed by atoms with van der Waals surface area (Å²) in [6.07, 6.45) is 7.88. The van der Waals surface area contributed by atoms with Crippen LogP contribution in [0, 0.1) is 5.92 Å². The molecule has 0 unspecified atom stereocenters. The minimum Gasteiger partial charge on any atom is -0.344 e. The molecule has 0 saturated heterocycles. The molecule has 0 amide bonds. The third-order valence-corrected chi connectivity index (χ3v) is 2.67. The minimum atomic E-state index is -0.694. The highest BCUT2D eigenvalue weighted by atomic mass is 16.1. The van der Waals surface area contributed by atoms with Crippen LogP contribution < -0.4 is 11.9 Å². The smallest absolute Gasteiger partial charge is 0.220 e. The molecule has 0 aromatic carbocycles. The van der Waals surface area contributed by atoms with E-state index in [0.717, 1.165) is 12.8 Å². The maximum absolute atomic E-state index is 10.5. The first kappa shape index (κ1) is 11.6. The van der Waals surface area contributed by atoms with Gasteiger partial charge in [0.25, 0.3) is 0 Å². The van der Waals surface area contributed by atoms with E-state index >= 15 is 0 Å². The highest BCUT2D eigenvalue weighted by Gasteiger charge is 2.31. The molecule has 1 saturated carbocycles. The van der Waals surface area contributed by atoms with Crippen molar-refractivity contribution in [3.05, 3.63) is 0 Å². The lowest BCUT2D eigenvalue weighted by Gasteiger charge is -2.31. The lowest BCUT2D eigenvalue weighted by Crippen LogP contribution is -2.46. The third-order valence-electron chi connectivity index (χ3n) is 2.67. The topological polar surface area (TPSA) is 78.1 Å². The van der Waals surface area contributed by atoms with E-state index in [1.54, 1.807) is 6.92 Å². The van der Waals surface area contributed by atoms with Crippen molar-refractivity contribution in [2.75, 3.05) is 0 Å². The summed E-state index contributed by atoms with van der Waals surface area (Å²) in [4.78, 5) is 10.5. The van der Waals surface area contributed by atoms with Gasteiger partial charge < -0.3 is 11.9 Å². The average molecular weight is 171 g/mol. The lowest BCUT2D eigenvalue weighted by atomic mass is 9.77. The summed E-state index contributed by atoms with van der Waals surface area (Å²) >= 11 is 0. The number of nitrogens with two attached hydrogens (primary N) is 1. The Bertz CT molecular complexity index is 139. The first-order valence-electron chi connectivity index (χ1n) is 4.35. The molecule has 0 aliphatic heterocycles. The summed E-state index contributed by atoms with van der Waals surface area (Å²) in [6, 6.07) is 0. The molecule has 1 aliphatic carbocycles. The second kappa shape index (κ2) is 4.58. The summed E-state index contributed by atoms with van der Waals surface area (Å²) in [5.74, 6) is 0.369. The van der Waals surface area contributed by atoms with Crippen molar-refractivity contribution in [3.8, 4) is 0 Å². The van der Waals surface area contributed by atoms with Crippen molar-refractivity contribution in [1.29, 1.82) is 0 Å². The van der Waals surface area contributed by atoms with Gasteiger partial charge in [-0.2, -0.15) is 0 Å². The Hall–Kier alpha value is -0.410. The van der Waals surface area contributed by atoms with E-state index in [1.807, 2.05) is 6.29 Å². The number of hydrogen-bond donors (Lipinski definition) is 2. The van der Waals surface area contributed by atoms with Crippen LogP contribution in [0.1, 0.15) is 39.0 Å². The molecule has 12 heavy (non-hydrogen) atoms. The van der Waals surface area contributed by atoms with E-state index in [4.69, 9.17) is 5.73 Å². The van der Waals surface area contributed by atoms with Crippen LogP contribution in [0.2, 0.25) is 0 Å². The van der Waals surface area contributed by atoms with Crippen molar-refractivity contribution in [1.82, 2.24) is 6.15 Å². The maximum atomic E-state index is 10.5. The Morgan fingerprint density at radius 2 is 1.83 bits per heavy atom. The van der Waals surface area contributed by atoms with E-state index in [1.165, 1.54) is 19.3 Å². The van der Waals surface area contributed by atoms with E-state index < -0.39 is 5.54 Å². The number of carbonyl (C=O) groups excluding carboxylic acids is 1. The van der Waals surface area contributed by atoms with Crippen LogP contribution in [0.25, 0.3) is 0 Å². The molecule has 0 spiro atoms. The molecule has 1 fully saturated rings. The van der Waals surface area contributed by atoms with Crippen LogP contribution in [0.3, 0.4) is 0 Å². The molecule has 1 atom stereocenters. The molecule has 1 rings (SSSR count). The Morgan fingerprint density at radius 3 is 2.25 bits per heavy atom. The van der Waals surface area contributed by atoms with Gasteiger partial charge in [0.1, 0.15) is 0 Å². The maximum Gasteiger partial charge on any atom is 0.220 e. The van der Waals surface area contributed by atoms with Crippen LogP contribution in [0.15, 0.2) is 0 Å². The van der Waals surface area contributed by atoms with Crippen LogP contribution in [0.4, 0.5) is 0 Å². The van der Waals surface area contributed by atoms with E-state index in [9.17, 15) is 4.79 Å². The van der Waals surface area contributed by atoms with Gasteiger partial charge in [0.15, 0.2) is 0 Å². The zero-order valence-corrected chi connectivity index (χ0v) is 7.81. The molecular weight excluding hydrogens is 152 g/mol. The summed E-state index contributed by atoms with van der Waals surface area (Å²) in [5, 5.41) is 0. The monoisotopic (exact) mass is 171 g/mol. The summed E-state index contributed by atoms with van der Waals surface area (Å²) in [5.41, 5.74) is 5.07. The van der Waals surface area contributed by atoms with Gasteiger partial charge in [0.2, 0.25) is 6.29 Å². The normalized spacial score (nSPS) is 23.8. The second-order valence-electron chi connectivity index (χ2n) is 3.72.